The Kier molecular flexibility index (Phi) is 5.46. The molecule has 0 unspecified atom stereocenters. The zero-order valence-corrected chi connectivity index (χ0v) is 18.4. The van der Waals surface area contributed by atoms with E-state index < -0.39 is 35.7 Å². The van der Waals surface area contributed by atoms with Crippen molar-refractivity contribution in [2.24, 2.45) is 0 Å². The summed E-state index contributed by atoms with van der Waals surface area (Å²) in [7, 11) is 0. The number of hydrogen-bond donors (Lipinski definition) is 1. The van der Waals surface area contributed by atoms with Gasteiger partial charge in [-0.3, -0.25) is 14.6 Å². The van der Waals surface area contributed by atoms with Crippen LogP contribution in [-0.4, -0.2) is 35.0 Å². The molecule has 1 N–H and O–H groups in total. The van der Waals surface area contributed by atoms with E-state index in [-0.39, 0.29) is 22.5 Å². The van der Waals surface area contributed by atoms with Crippen LogP contribution in [-0.2, 0) is 17.5 Å². The first kappa shape index (κ1) is 23.1. The number of anilines is 1. The molecule has 1 amide bonds. The molecule has 0 aliphatic rings. The van der Waals surface area contributed by atoms with Crippen molar-refractivity contribution in [3.63, 3.8) is 0 Å². The lowest BCUT2D eigenvalue weighted by atomic mass is 10.2. The molecule has 0 aromatic carbocycles. The van der Waals surface area contributed by atoms with Crippen molar-refractivity contribution in [2.75, 3.05) is 5.32 Å². The van der Waals surface area contributed by atoms with Crippen molar-refractivity contribution in [2.45, 2.75) is 19.6 Å². The molecule has 0 atom stereocenters. The summed E-state index contributed by atoms with van der Waals surface area (Å²) < 4.78 is 55.5. The maximum atomic E-state index is 13.4. The van der Waals surface area contributed by atoms with Gasteiger partial charge in [-0.25, -0.2) is 14.4 Å². The van der Waals surface area contributed by atoms with Crippen molar-refractivity contribution in [3.05, 3.63) is 82.4 Å². The first-order valence-electron chi connectivity index (χ1n) is 10.4. The second-order valence-corrected chi connectivity index (χ2v) is 7.85. The molecule has 5 rings (SSSR count). The van der Waals surface area contributed by atoms with E-state index in [0.29, 0.717) is 17.3 Å². The highest BCUT2D eigenvalue weighted by Gasteiger charge is 2.33. The van der Waals surface area contributed by atoms with Crippen LogP contribution >= 0.6 is 0 Å². The molecule has 0 spiro atoms. The summed E-state index contributed by atoms with van der Waals surface area (Å²) in [6.45, 7) is 1.26. The van der Waals surface area contributed by atoms with Crippen LogP contribution in [0.5, 0.6) is 0 Å². The van der Waals surface area contributed by atoms with Crippen LogP contribution in [0.4, 0.5) is 23.4 Å². The van der Waals surface area contributed by atoms with Crippen LogP contribution in [0.25, 0.3) is 27.9 Å². The van der Waals surface area contributed by atoms with Crippen molar-refractivity contribution in [1.82, 2.24) is 29.1 Å². The van der Waals surface area contributed by atoms with Crippen molar-refractivity contribution in [1.29, 1.82) is 0 Å². The zero-order valence-electron chi connectivity index (χ0n) is 18.4. The standard InChI is InChI=1S/C23H15F4N7O2/c1-12-2-3-13(9-28-12)16-8-20-33(11-19(35)31-18-7-4-14(24)10-29-18)21-15(22(36)34(20)32-16)5-6-17(30-21)23(25,26)27/h2-10H,11H2,1H3,(H,29,31,35). The number of nitrogens with one attached hydrogen (secondary N) is 1. The van der Waals surface area contributed by atoms with E-state index in [4.69, 9.17) is 0 Å². The Morgan fingerprint density at radius 2 is 1.86 bits per heavy atom. The van der Waals surface area contributed by atoms with Gasteiger partial charge in [-0.2, -0.15) is 22.8 Å². The Morgan fingerprint density at radius 1 is 1.06 bits per heavy atom. The van der Waals surface area contributed by atoms with E-state index in [1.165, 1.54) is 12.1 Å². The van der Waals surface area contributed by atoms with Crippen molar-refractivity contribution >= 4 is 28.4 Å². The smallest absolute Gasteiger partial charge is 0.309 e. The maximum absolute atomic E-state index is 13.4. The number of rotatable bonds is 4. The monoisotopic (exact) mass is 497 g/mol. The summed E-state index contributed by atoms with van der Waals surface area (Å²) >= 11 is 0. The van der Waals surface area contributed by atoms with Gasteiger partial charge in [0.15, 0.2) is 0 Å². The summed E-state index contributed by atoms with van der Waals surface area (Å²) in [6.07, 6.45) is -2.34. The fourth-order valence-electron chi connectivity index (χ4n) is 3.61. The molecule has 5 heterocycles. The number of halogens is 4. The lowest BCUT2D eigenvalue weighted by Gasteiger charge is -2.14. The first-order chi connectivity index (χ1) is 17.1. The number of alkyl halides is 3. The van der Waals surface area contributed by atoms with Crippen LogP contribution in [0.15, 0.2) is 59.7 Å². The van der Waals surface area contributed by atoms with Gasteiger partial charge in [-0.1, -0.05) is 0 Å². The van der Waals surface area contributed by atoms with Gasteiger partial charge >= 0.3 is 6.18 Å². The van der Waals surface area contributed by atoms with E-state index in [2.05, 4.69) is 25.4 Å². The van der Waals surface area contributed by atoms with E-state index in [1.807, 2.05) is 0 Å². The third kappa shape index (κ3) is 4.26. The molecular formula is C23H15F4N7O2. The molecule has 0 radical (unpaired) electrons. The molecule has 182 valence electrons. The fraction of sp³-hybridized carbons (Fsp3) is 0.130. The van der Waals surface area contributed by atoms with E-state index in [9.17, 15) is 27.2 Å². The topological polar surface area (TPSA) is 107 Å². The minimum absolute atomic E-state index is 0.0339. The minimum Gasteiger partial charge on any atom is -0.309 e. The third-order valence-electron chi connectivity index (χ3n) is 5.31. The van der Waals surface area contributed by atoms with Gasteiger partial charge in [0.2, 0.25) is 5.91 Å². The zero-order chi connectivity index (χ0) is 25.6. The number of carbonyl (C=O) groups excluding carboxylic acids is 1. The van der Waals surface area contributed by atoms with Gasteiger partial charge in [-0.05, 0) is 43.3 Å². The number of aromatic nitrogens is 6. The quantitative estimate of drug-likeness (QED) is 0.380. The Hall–Kier alpha value is -4.68. The number of pyridine rings is 3. The van der Waals surface area contributed by atoms with Gasteiger partial charge in [0, 0.05) is 23.5 Å². The van der Waals surface area contributed by atoms with Gasteiger partial charge in [0.25, 0.3) is 5.56 Å². The molecule has 9 nitrogen and oxygen atoms in total. The largest absolute Gasteiger partial charge is 0.433 e. The normalized spacial score (nSPS) is 11.8. The van der Waals surface area contributed by atoms with Gasteiger partial charge in [0.05, 0.1) is 17.3 Å². The summed E-state index contributed by atoms with van der Waals surface area (Å²) in [5.74, 6) is -1.27. The molecule has 0 bridgehead atoms. The third-order valence-corrected chi connectivity index (χ3v) is 5.31. The van der Waals surface area contributed by atoms with Gasteiger partial charge < -0.3 is 9.88 Å². The number of hydrogen-bond acceptors (Lipinski definition) is 6. The molecule has 0 saturated carbocycles. The van der Waals surface area contributed by atoms with Crippen LogP contribution in [0.3, 0.4) is 0 Å². The van der Waals surface area contributed by atoms with Crippen LogP contribution < -0.4 is 10.9 Å². The molecule has 0 aliphatic heterocycles. The first-order valence-corrected chi connectivity index (χ1v) is 10.4. The molecule has 5 aromatic rings. The molecule has 0 fully saturated rings. The average molecular weight is 497 g/mol. The van der Waals surface area contributed by atoms with Gasteiger partial charge in [-0.15, -0.1) is 0 Å². The molecule has 0 aliphatic carbocycles. The molecule has 13 heteroatoms. The Labute approximate surface area is 199 Å². The lowest BCUT2D eigenvalue weighted by molar-refractivity contribution is -0.141. The van der Waals surface area contributed by atoms with Crippen molar-refractivity contribution < 1.29 is 22.4 Å². The Morgan fingerprint density at radius 3 is 2.53 bits per heavy atom. The van der Waals surface area contributed by atoms with Crippen LogP contribution in [0, 0.1) is 12.7 Å². The molecule has 0 saturated heterocycles. The summed E-state index contributed by atoms with van der Waals surface area (Å²) in [5, 5.41) is 6.58. The number of fused-ring (bicyclic) bond motifs is 2. The predicted octanol–water partition coefficient (Wildman–Crippen LogP) is 3.61. The minimum atomic E-state index is -4.78. The number of carbonyl (C=O) groups is 1. The fourth-order valence-corrected chi connectivity index (χ4v) is 3.61. The SMILES string of the molecule is Cc1ccc(-c2cc3n(CC(=O)Nc4ccc(F)cn4)c4nc(C(F)(F)F)ccc4c(=O)n3n2)cn1. The highest BCUT2D eigenvalue weighted by Crippen LogP contribution is 2.29. The summed E-state index contributed by atoms with van der Waals surface area (Å²) in [6, 6.07) is 8.93. The molecule has 5 aromatic heterocycles. The summed E-state index contributed by atoms with van der Waals surface area (Å²) in [5.41, 5.74) is -0.610. The van der Waals surface area contributed by atoms with Crippen LogP contribution in [0.2, 0.25) is 0 Å². The Bertz CT molecular complexity index is 1670. The van der Waals surface area contributed by atoms with E-state index >= 15 is 0 Å². The average Bonchev–Trinajstić information content (AvgIpc) is 3.28. The highest BCUT2D eigenvalue weighted by molar-refractivity contribution is 5.91. The number of nitrogens with zero attached hydrogens (tertiary/aromatic N) is 6. The molecular weight excluding hydrogens is 482 g/mol. The van der Waals surface area contributed by atoms with Gasteiger partial charge in [0.1, 0.15) is 35.2 Å². The molecule has 36 heavy (non-hydrogen) atoms. The van der Waals surface area contributed by atoms with E-state index in [1.54, 1.807) is 25.3 Å². The highest BCUT2D eigenvalue weighted by atomic mass is 19.4. The van der Waals surface area contributed by atoms with Crippen LogP contribution in [0.1, 0.15) is 11.4 Å². The lowest BCUT2D eigenvalue weighted by Crippen LogP contribution is -2.26. The maximum Gasteiger partial charge on any atom is 0.433 e. The number of amides is 1. The number of aryl methyl sites for hydroxylation is 1. The predicted molar refractivity (Wildman–Crippen MR) is 121 cm³/mol. The Balaban J connectivity index is 1.69. The van der Waals surface area contributed by atoms with Crippen molar-refractivity contribution in [3.8, 4) is 11.3 Å². The second kappa shape index (κ2) is 8.52. The van der Waals surface area contributed by atoms with E-state index in [0.717, 1.165) is 33.1 Å². The summed E-state index contributed by atoms with van der Waals surface area (Å²) in [4.78, 5) is 37.5. The second-order valence-electron chi connectivity index (χ2n) is 7.85.